The number of benzene rings is 3. The van der Waals surface area contributed by atoms with Gasteiger partial charge in [-0.1, -0.05) is 67.8 Å². The lowest BCUT2D eigenvalue weighted by Gasteiger charge is -2.34. The zero-order valence-corrected chi connectivity index (χ0v) is 23.9. The van der Waals surface area contributed by atoms with Gasteiger partial charge in [0.2, 0.25) is 11.8 Å². The molecule has 3 aromatic rings. The molecule has 0 spiro atoms. The van der Waals surface area contributed by atoms with E-state index in [2.05, 4.69) is 5.32 Å². The van der Waals surface area contributed by atoms with Crippen LogP contribution in [0.5, 0.6) is 0 Å². The van der Waals surface area contributed by atoms with Crippen molar-refractivity contribution in [3.63, 3.8) is 0 Å². The predicted molar refractivity (Wildman–Crippen MR) is 154 cm³/mol. The number of carbonyl (C=O) groups excluding carboxylic acids is 2. The van der Waals surface area contributed by atoms with Crippen molar-refractivity contribution in [1.82, 2.24) is 10.2 Å². The van der Waals surface area contributed by atoms with E-state index in [1.165, 1.54) is 29.2 Å². The normalized spacial score (nSPS) is 14.5. The third-order valence-electron chi connectivity index (χ3n) is 7.11. The highest BCUT2D eigenvalue weighted by Gasteiger charge is 2.34. The van der Waals surface area contributed by atoms with Gasteiger partial charge in [0.05, 0.1) is 10.6 Å². The monoisotopic (exact) mass is 585 g/mol. The third-order valence-corrected chi connectivity index (χ3v) is 9.27. The maximum Gasteiger partial charge on any atom is 0.264 e. The van der Waals surface area contributed by atoms with E-state index in [0.717, 1.165) is 42.1 Å². The molecule has 1 fully saturated rings. The average molecular weight is 586 g/mol. The molecule has 1 N–H and O–H groups in total. The topological polar surface area (TPSA) is 86.8 Å². The van der Waals surface area contributed by atoms with Crippen molar-refractivity contribution in [3.05, 3.63) is 95.3 Å². The van der Waals surface area contributed by atoms with Crippen LogP contribution in [0.3, 0.4) is 0 Å². The first kappa shape index (κ1) is 29.6. The molecule has 0 saturated heterocycles. The Morgan fingerprint density at radius 1 is 0.975 bits per heavy atom. The van der Waals surface area contributed by atoms with Gasteiger partial charge in [0.15, 0.2) is 0 Å². The number of hydrogen-bond acceptors (Lipinski definition) is 4. The molecule has 4 rings (SSSR count). The number of amides is 2. The molecule has 0 radical (unpaired) electrons. The van der Waals surface area contributed by atoms with Crippen LogP contribution in [0.15, 0.2) is 83.8 Å². The first-order chi connectivity index (χ1) is 19.2. The molecule has 1 saturated carbocycles. The summed E-state index contributed by atoms with van der Waals surface area (Å²) in [6, 6.07) is 18.8. The Balaban J connectivity index is 1.71. The van der Waals surface area contributed by atoms with E-state index >= 15 is 0 Å². The number of nitrogens with zero attached hydrogens (tertiary/aromatic N) is 2. The summed E-state index contributed by atoms with van der Waals surface area (Å²) in [4.78, 5) is 28.9. The van der Waals surface area contributed by atoms with Crippen LogP contribution in [0.2, 0.25) is 5.02 Å². The standard InChI is InChI=1S/C30H33ClFN3O4S/c1-2-28(30(37)33-24-11-7-8-12-24)34(20-22-10-6-9-15-27(22)31)29(36)21-35(25-18-16-23(32)17-19-25)40(38,39)26-13-4-3-5-14-26/h3-6,9-10,13-19,24,28H,2,7-8,11-12,20-21H2,1H3,(H,33,37). The summed E-state index contributed by atoms with van der Waals surface area (Å²) in [5, 5.41) is 3.50. The molecule has 1 aliphatic rings. The average Bonchev–Trinajstić information content (AvgIpc) is 3.46. The van der Waals surface area contributed by atoms with E-state index in [1.54, 1.807) is 42.5 Å². The molecule has 0 aromatic heterocycles. The van der Waals surface area contributed by atoms with E-state index in [4.69, 9.17) is 11.6 Å². The number of sulfonamides is 1. The fourth-order valence-electron chi connectivity index (χ4n) is 4.95. The van der Waals surface area contributed by atoms with Crippen LogP contribution in [0, 0.1) is 5.82 Å². The number of nitrogens with one attached hydrogen (secondary N) is 1. The van der Waals surface area contributed by atoms with Crippen LogP contribution >= 0.6 is 11.6 Å². The minimum atomic E-state index is -4.21. The molecular weight excluding hydrogens is 553 g/mol. The summed E-state index contributed by atoms with van der Waals surface area (Å²) in [5.41, 5.74) is 0.753. The second kappa shape index (κ2) is 13.3. The van der Waals surface area contributed by atoms with Crippen molar-refractivity contribution in [2.45, 2.75) is 62.6 Å². The van der Waals surface area contributed by atoms with Crippen molar-refractivity contribution < 1.29 is 22.4 Å². The quantitative estimate of drug-likeness (QED) is 0.320. The number of hydrogen-bond donors (Lipinski definition) is 1. The van der Waals surface area contributed by atoms with Crippen LogP contribution in [-0.4, -0.2) is 43.8 Å². The molecule has 1 unspecified atom stereocenters. The minimum Gasteiger partial charge on any atom is -0.352 e. The van der Waals surface area contributed by atoms with E-state index in [1.807, 2.05) is 6.92 Å². The lowest BCUT2D eigenvalue weighted by Crippen LogP contribution is -2.53. The largest absolute Gasteiger partial charge is 0.352 e. The zero-order valence-electron chi connectivity index (χ0n) is 22.3. The Bertz CT molecular complexity index is 1410. The molecule has 10 heteroatoms. The smallest absolute Gasteiger partial charge is 0.264 e. The molecule has 40 heavy (non-hydrogen) atoms. The number of halogens is 2. The van der Waals surface area contributed by atoms with Crippen LogP contribution in [0.4, 0.5) is 10.1 Å². The highest BCUT2D eigenvalue weighted by molar-refractivity contribution is 7.92. The molecular formula is C30H33ClFN3O4S. The van der Waals surface area contributed by atoms with Crippen LogP contribution in [-0.2, 0) is 26.2 Å². The second-order valence-electron chi connectivity index (χ2n) is 9.83. The minimum absolute atomic E-state index is 0.0116. The number of rotatable bonds is 11. The molecule has 2 amide bonds. The summed E-state index contributed by atoms with van der Waals surface area (Å²) in [6.45, 7) is 1.22. The van der Waals surface area contributed by atoms with Crippen LogP contribution in [0.1, 0.15) is 44.6 Å². The molecule has 0 heterocycles. The first-order valence-corrected chi connectivity index (χ1v) is 15.2. The SMILES string of the molecule is CCC(C(=O)NC1CCCC1)N(Cc1ccccc1Cl)C(=O)CN(c1ccc(F)cc1)S(=O)(=O)c1ccccc1. The fourth-order valence-corrected chi connectivity index (χ4v) is 6.58. The first-order valence-electron chi connectivity index (χ1n) is 13.4. The fraction of sp³-hybridized carbons (Fsp3) is 0.333. The number of carbonyl (C=O) groups is 2. The van der Waals surface area contributed by atoms with Gasteiger partial charge in [-0.3, -0.25) is 13.9 Å². The van der Waals surface area contributed by atoms with Gasteiger partial charge >= 0.3 is 0 Å². The summed E-state index contributed by atoms with van der Waals surface area (Å²) < 4.78 is 42.2. The third kappa shape index (κ3) is 7.01. The highest BCUT2D eigenvalue weighted by atomic mass is 35.5. The summed E-state index contributed by atoms with van der Waals surface area (Å²) in [7, 11) is -4.21. The molecule has 3 aromatic carbocycles. The van der Waals surface area contributed by atoms with Gasteiger partial charge in [-0.25, -0.2) is 12.8 Å². The lowest BCUT2D eigenvalue weighted by molar-refractivity contribution is -0.140. The van der Waals surface area contributed by atoms with Gasteiger partial charge in [0.25, 0.3) is 10.0 Å². The van der Waals surface area contributed by atoms with Gasteiger partial charge in [0, 0.05) is 17.6 Å². The molecule has 1 aliphatic carbocycles. The predicted octanol–water partition coefficient (Wildman–Crippen LogP) is 5.54. The van der Waals surface area contributed by atoms with Gasteiger partial charge < -0.3 is 10.2 Å². The zero-order chi connectivity index (χ0) is 28.7. The van der Waals surface area contributed by atoms with Crippen molar-refractivity contribution in [2.75, 3.05) is 10.8 Å². The maximum atomic E-state index is 14.1. The van der Waals surface area contributed by atoms with Crippen LogP contribution in [0.25, 0.3) is 0 Å². The summed E-state index contributed by atoms with van der Waals surface area (Å²) in [6.07, 6.45) is 4.15. The van der Waals surface area contributed by atoms with Gasteiger partial charge in [-0.2, -0.15) is 0 Å². The van der Waals surface area contributed by atoms with E-state index in [-0.39, 0.29) is 29.1 Å². The lowest BCUT2D eigenvalue weighted by atomic mass is 10.1. The molecule has 7 nitrogen and oxygen atoms in total. The van der Waals surface area contributed by atoms with Crippen molar-refractivity contribution in [2.24, 2.45) is 0 Å². The number of anilines is 1. The Hall–Kier alpha value is -3.43. The molecule has 0 bridgehead atoms. The van der Waals surface area contributed by atoms with E-state index < -0.39 is 34.3 Å². The Kier molecular flexibility index (Phi) is 9.81. The molecule has 212 valence electrons. The van der Waals surface area contributed by atoms with E-state index in [0.29, 0.717) is 17.0 Å². The van der Waals surface area contributed by atoms with E-state index in [9.17, 15) is 22.4 Å². The van der Waals surface area contributed by atoms with Crippen molar-refractivity contribution in [3.8, 4) is 0 Å². The second-order valence-corrected chi connectivity index (χ2v) is 12.1. The van der Waals surface area contributed by atoms with Crippen molar-refractivity contribution in [1.29, 1.82) is 0 Å². The van der Waals surface area contributed by atoms with Crippen molar-refractivity contribution >= 4 is 39.1 Å². The van der Waals surface area contributed by atoms with Gasteiger partial charge in [-0.15, -0.1) is 0 Å². The Labute approximate surface area is 240 Å². The van der Waals surface area contributed by atoms with Gasteiger partial charge in [-0.05, 0) is 67.3 Å². The van der Waals surface area contributed by atoms with Gasteiger partial charge in [0.1, 0.15) is 18.4 Å². The molecule has 1 atom stereocenters. The Morgan fingerprint density at radius 2 is 1.60 bits per heavy atom. The van der Waals surface area contributed by atoms with Crippen LogP contribution < -0.4 is 9.62 Å². The Morgan fingerprint density at radius 3 is 2.23 bits per heavy atom. The summed E-state index contributed by atoms with van der Waals surface area (Å²) >= 11 is 6.43. The summed E-state index contributed by atoms with van der Waals surface area (Å²) in [5.74, 6) is -1.41. The maximum absolute atomic E-state index is 14.1. The highest BCUT2D eigenvalue weighted by Crippen LogP contribution is 2.26. The molecule has 0 aliphatic heterocycles.